The monoisotopic (exact) mass is 275 g/mol. The highest BCUT2D eigenvalue weighted by atomic mass is 15.1. The van der Waals surface area contributed by atoms with Gasteiger partial charge in [0.05, 0.1) is 5.69 Å². The molecule has 0 radical (unpaired) electrons. The van der Waals surface area contributed by atoms with Crippen molar-refractivity contribution in [3.05, 3.63) is 29.6 Å². The molecule has 1 N–H and O–H groups in total. The maximum absolute atomic E-state index is 4.61. The van der Waals surface area contributed by atoms with Crippen molar-refractivity contribution in [2.45, 2.75) is 71.1 Å². The molecule has 2 rings (SSSR count). The smallest absolute Gasteiger partial charge is 0.0544 e. The minimum absolute atomic E-state index is 0.520. The summed E-state index contributed by atoms with van der Waals surface area (Å²) in [5.74, 6) is 0. The zero-order valence-corrected chi connectivity index (χ0v) is 13.2. The van der Waals surface area contributed by atoms with E-state index >= 15 is 0 Å². The number of aromatic nitrogens is 1. The van der Waals surface area contributed by atoms with Crippen molar-refractivity contribution in [3.8, 4) is 0 Å². The average molecular weight is 275 g/mol. The van der Waals surface area contributed by atoms with Gasteiger partial charge in [0.1, 0.15) is 0 Å². The number of hydrogen-bond acceptors (Lipinski definition) is 3. The minimum Gasteiger partial charge on any atom is -0.310 e. The highest BCUT2D eigenvalue weighted by Gasteiger charge is 2.18. The van der Waals surface area contributed by atoms with Gasteiger partial charge in [0, 0.05) is 31.4 Å². The molecule has 0 aromatic carbocycles. The van der Waals surface area contributed by atoms with E-state index < -0.39 is 0 Å². The molecule has 0 unspecified atom stereocenters. The van der Waals surface area contributed by atoms with Gasteiger partial charge >= 0.3 is 0 Å². The van der Waals surface area contributed by atoms with Crippen molar-refractivity contribution in [3.63, 3.8) is 0 Å². The third-order valence-corrected chi connectivity index (χ3v) is 4.21. The molecule has 0 bridgehead atoms. The Labute approximate surface area is 123 Å². The number of rotatable bonds is 6. The molecule has 0 aliphatic heterocycles. The summed E-state index contributed by atoms with van der Waals surface area (Å²) in [6, 6.07) is 5.66. The molecular formula is C17H29N3. The van der Waals surface area contributed by atoms with Crippen molar-refractivity contribution in [2.24, 2.45) is 0 Å². The van der Waals surface area contributed by atoms with Gasteiger partial charge in [-0.1, -0.05) is 39.2 Å². The van der Waals surface area contributed by atoms with Crippen LogP contribution in [0.15, 0.2) is 18.3 Å². The van der Waals surface area contributed by atoms with E-state index in [0.29, 0.717) is 6.04 Å². The quantitative estimate of drug-likeness (QED) is 0.863. The van der Waals surface area contributed by atoms with E-state index in [0.717, 1.165) is 19.1 Å². The van der Waals surface area contributed by atoms with Crippen LogP contribution >= 0.6 is 0 Å². The van der Waals surface area contributed by atoms with Crippen molar-refractivity contribution in [2.75, 3.05) is 7.05 Å². The van der Waals surface area contributed by atoms with E-state index in [4.69, 9.17) is 0 Å². The average Bonchev–Trinajstić information content (AvgIpc) is 2.47. The van der Waals surface area contributed by atoms with Gasteiger partial charge in [-0.3, -0.25) is 9.88 Å². The summed E-state index contributed by atoms with van der Waals surface area (Å²) in [6.45, 7) is 6.22. The van der Waals surface area contributed by atoms with Crippen LogP contribution in [0.25, 0.3) is 0 Å². The molecule has 20 heavy (non-hydrogen) atoms. The fourth-order valence-electron chi connectivity index (χ4n) is 2.88. The number of hydrogen-bond donors (Lipinski definition) is 1. The van der Waals surface area contributed by atoms with Crippen molar-refractivity contribution >= 4 is 0 Å². The lowest BCUT2D eigenvalue weighted by molar-refractivity contribution is 0.183. The first kappa shape index (κ1) is 15.5. The number of pyridine rings is 1. The Morgan fingerprint density at radius 3 is 2.60 bits per heavy atom. The molecule has 1 saturated carbocycles. The van der Waals surface area contributed by atoms with E-state index in [2.05, 4.69) is 48.2 Å². The third-order valence-electron chi connectivity index (χ3n) is 4.21. The first-order valence-electron chi connectivity index (χ1n) is 8.02. The van der Waals surface area contributed by atoms with Gasteiger partial charge in [0.15, 0.2) is 0 Å². The molecule has 0 atom stereocenters. The third kappa shape index (κ3) is 4.88. The van der Waals surface area contributed by atoms with Crippen molar-refractivity contribution in [1.82, 2.24) is 15.2 Å². The summed E-state index contributed by atoms with van der Waals surface area (Å²) in [7, 11) is 2.24. The van der Waals surface area contributed by atoms with Gasteiger partial charge in [0.2, 0.25) is 0 Å². The standard InChI is InChI=1S/C17H29N3/c1-14(2)18-11-15-9-10-16(19-12-15)13-20(3)17-7-5-4-6-8-17/h9-10,12,14,17-18H,4-8,11,13H2,1-3H3. The Kier molecular flexibility index (Phi) is 5.99. The Hall–Kier alpha value is -0.930. The van der Waals surface area contributed by atoms with Crippen LogP contribution in [0.4, 0.5) is 0 Å². The maximum atomic E-state index is 4.61. The Morgan fingerprint density at radius 1 is 1.25 bits per heavy atom. The molecule has 0 amide bonds. The van der Waals surface area contributed by atoms with Crippen LogP contribution in [-0.2, 0) is 13.1 Å². The van der Waals surface area contributed by atoms with Gasteiger partial charge in [-0.15, -0.1) is 0 Å². The largest absolute Gasteiger partial charge is 0.310 e. The summed E-state index contributed by atoms with van der Waals surface area (Å²) in [5, 5.41) is 3.42. The molecule has 0 saturated heterocycles. The van der Waals surface area contributed by atoms with Gasteiger partial charge in [-0.25, -0.2) is 0 Å². The Bertz CT molecular complexity index is 380. The normalized spacial score (nSPS) is 17.1. The van der Waals surface area contributed by atoms with Crippen molar-refractivity contribution in [1.29, 1.82) is 0 Å². The second-order valence-electron chi connectivity index (χ2n) is 6.40. The lowest BCUT2D eigenvalue weighted by atomic mass is 9.94. The van der Waals surface area contributed by atoms with E-state index in [9.17, 15) is 0 Å². The lowest BCUT2D eigenvalue weighted by Gasteiger charge is -2.30. The predicted molar refractivity (Wildman–Crippen MR) is 84.6 cm³/mol. The summed E-state index contributed by atoms with van der Waals surface area (Å²) in [4.78, 5) is 7.09. The Morgan fingerprint density at radius 2 is 2.00 bits per heavy atom. The van der Waals surface area contributed by atoms with Gasteiger partial charge in [0.25, 0.3) is 0 Å². The minimum atomic E-state index is 0.520. The summed E-state index contributed by atoms with van der Waals surface area (Å²) in [6.07, 6.45) is 8.92. The fraction of sp³-hybridized carbons (Fsp3) is 0.706. The van der Waals surface area contributed by atoms with Crippen LogP contribution in [0.5, 0.6) is 0 Å². The van der Waals surface area contributed by atoms with Crippen LogP contribution in [0, 0.1) is 0 Å². The first-order chi connectivity index (χ1) is 9.65. The molecule has 3 nitrogen and oxygen atoms in total. The van der Waals surface area contributed by atoms with E-state index in [1.807, 2.05) is 6.20 Å². The Balaban J connectivity index is 1.83. The summed E-state index contributed by atoms with van der Waals surface area (Å²) < 4.78 is 0. The highest BCUT2D eigenvalue weighted by Crippen LogP contribution is 2.22. The second kappa shape index (κ2) is 7.75. The molecule has 1 aromatic rings. The lowest BCUT2D eigenvalue weighted by Crippen LogP contribution is -2.33. The molecule has 1 aromatic heterocycles. The molecule has 3 heteroatoms. The zero-order valence-electron chi connectivity index (χ0n) is 13.2. The van der Waals surface area contributed by atoms with Gasteiger partial charge in [-0.05, 0) is 31.5 Å². The molecule has 112 valence electrons. The van der Waals surface area contributed by atoms with Crippen LogP contribution in [0.1, 0.15) is 57.2 Å². The summed E-state index contributed by atoms with van der Waals surface area (Å²) in [5.41, 5.74) is 2.45. The van der Waals surface area contributed by atoms with Crippen LogP contribution in [0.3, 0.4) is 0 Å². The molecule has 1 fully saturated rings. The summed E-state index contributed by atoms with van der Waals surface area (Å²) >= 11 is 0. The highest BCUT2D eigenvalue weighted by molar-refractivity contribution is 5.14. The number of nitrogens with one attached hydrogen (secondary N) is 1. The second-order valence-corrected chi connectivity index (χ2v) is 6.40. The molecule has 0 spiro atoms. The maximum Gasteiger partial charge on any atom is 0.0544 e. The van der Waals surface area contributed by atoms with E-state index in [-0.39, 0.29) is 0 Å². The van der Waals surface area contributed by atoms with Crippen LogP contribution in [-0.4, -0.2) is 29.0 Å². The molecule has 1 aliphatic carbocycles. The van der Waals surface area contributed by atoms with E-state index in [1.165, 1.54) is 43.4 Å². The van der Waals surface area contributed by atoms with Crippen LogP contribution in [0.2, 0.25) is 0 Å². The SMILES string of the molecule is CC(C)NCc1ccc(CN(C)C2CCCCC2)nc1. The predicted octanol–water partition coefficient (Wildman–Crippen LogP) is 3.34. The molecule has 1 heterocycles. The molecular weight excluding hydrogens is 246 g/mol. The van der Waals surface area contributed by atoms with E-state index in [1.54, 1.807) is 0 Å². The fourth-order valence-corrected chi connectivity index (χ4v) is 2.88. The molecule has 1 aliphatic rings. The first-order valence-corrected chi connectivity index (χ1v) is 8.02. The number of nitrogens with zero attached hydrogens (tertiary/aromatic N) is 2. The zero-order chi connectivity index (χ0) is 14.4. The topological polar surface area (TPSA) is 28.2 Å². The van der Waals surface area contributed by atoms with Crippen LogP contribution < -0.4 is 5.32 Å². The van der Waals surface area contributed by atoms with Gasteiger partial charge < -0.3 is 5.32 Å². The van der Waals surface area contributed by atoms with Gasteiger partial charge in [-0.2, -0.15) is 0 Å². The van der Waals surface area contributed by atoms with Crippen molar-refractivity contribution < 1.29 is 0 Å².